The van der Waals surface area contributed by atoms with Gasteiger partial charge in [-0.05, 0) is 29.7 Å². The number of anilines is 1. The number of benzene rings is 2. The zero-order chi connectivity index (χ0) is 19.5. The van der Waals surface area contributed by atoms with Crippen LogP contribution in [0.3, 0.4) is 0 Å². The normalized spacial score (nSPS) is 17.0. The number of aromatic nitrogens is 2. The van der Waals surface area contributed by atoms with Crippen molar-refractivity contribution in [1.29, 1.82) is 0 Å². The Bertz CT molecular complexity index is 968. The molecule has 0 saturated carbocycles. The lowest BCUT2D eigenvalue weighted by molar-refractivity contribution is 0.328. The summed E-state index contributed by atoms with van der Waals surface area (Å²) in [5, 5.41) is 4.63. The smallest absolute Gasteiger partial charge is 0.224 e. The van der Waals surface area contributed by atoms with Gasteiger partial charge in [0.25, 0.3) is 0 Å². The van der Waals surface area contributed by atoms with E-state index in [1.807, 2.05) is 18.2 Å². The first kappa shape index (κ1) is 18.8. The van der Waals surface area contributed by atoms with Gasteiger partial charge in [0.15, 0.2) is 11.5 Å². The second-order valence-corrected chi connectivity index (χ2v) is 7.25. The van der Waals surface area contributed by atoms with E-state index in [0.717, 1.165) is 42.8 Å². The lowest BCUT2D eigenvalue weighted by Crippen LogP contribution is -2.26. The second kappa shape index (κ2) is 8.20. The summed E-state index contributed by atoms with van der Waals surface area (Å²) in [6, 6.07) is 14.6. The van der Waals surface area contributed by atoms with Gasteiger partial charge < -0.3 is 14.8 Å². The van der Waals surface area contributed by atoms with Gasteiger partial charge in [0.1, 0.15) is 5.82 Å². The molecule has 28 heavy (non-hydrogen) atoms. The predicted molar refractivity (Wildman–Crippen MR) is 111 cm³/mol. The molecular weight excluding hydrogens is 376 g/mol. The van der Waals surface area contributed by atoms with Crippen molar-refractivity contribution in [3.8, 4) is 11.5 Å². The molecule has 0 aliphatic carbocycles. The van der Waals surface area contributed by atoms with Crippen LogP contribution in [-0.4, -0.2) is 48.2 Å². The molecule has 2 aromatic carbocycles. The van der Waals surface area contributed by atoms with E-state index in [1.165, 1.54) is 5.56 Å². The van der Waals surface area contributed by atoms with Crippen LogP contribution < -0.4 is 14.8 Å². The molecule has 4 rings (SSSR count). The van der Waals surface area contributed by atoms with Crippen molar-refractivity contribution in [2.24, 2.45) is 0 Å². The average Bonchev–Trinajstić information content (AvgIpc) is 3.14. The van der Waals surface area contributed by atoms with Crippen molar-refractivity contribution >= 4 is 28.3 Å². The summed E-state index contributed by atoms with van der Waals surface area (Å²) in [6.45, 7) is 2.95. The van der Waals surface area contributed by atoms with Gasteiger partial charge in [0, 0.05) is 37.1 Å². The molecule has 1 saturated heterocycles. The number of nitrogens with zero attached hydrogens (tertiary/aromatic N) is 3. The van der Waals surface area contributed by atoms with Gasteiger partial charge in [-0.2, -0.15) is 0 Å². The minimum atomic E-state index is 0.210. The molecule has 1 N–H and O–H groups in total. The number of methoxy groups -OCH3 is 2. The van der Waals surface area contributed by atoms with E-state index in [0.29, 0.717) is 17.5 Å². The maximum Gasteiger partial charge on any atom is 0.224 e. The zero-order valence-corrected chi connectivity index (χ0v) is 16.7. The van der Waals surface area contributed by atoms with E-state index in [-0.39, 0.29) is 5.28 Å². The standard InChI is InChI=1S/C21H23ClN4O2/c1-27-18-10-16-17(11-19(18)28-2)24-21(22)25-20(16)23-15-8-9-26(13-15)12-14-6-4-3-5-7-14/h3-7,10-11,15H,8-9,12-13H2,1-2H3,(H,23,24,25). The van der Waals surface area contributed by atoms with Crippen LogP contribution in [0.5, 0.6) is 11.5 Å². The van der Waals surface area contributed by atoms with E-state index in [9.17, 15) is 0 Å². The average molecular weight is 399 g/mol. The van der Waals surface area contributed by atoms with Crippen LogP contribution in [0, 0.1) is 0 Å². The SMILES string of the molecule is COc1cc2nc(Cl)nc(NC3CCN(Cc4ccccc4)C3)c2cc1OC. The van der Waals surface area contributed by atoms with Gasteiger partial charge in [-0.1, -0.05) is 30.3 Å². The highest BCUT2D eigenvalue weighted by atomic mass is 35.5. The number of rotatable bonds is 6. The molecule has 1 unspecified atom stereocenters. The maximum atomic E-state index is 6.17. The summed E-state index contributed by atoms with van der Waals surface area (Å²) in [5.74, 6) is 1.98. The second-order valence-electron chi connectivity index (χ2n) is 6.92. The van der Waals surface area contributed by atoms with E-state index in [4.69, 9.17) is 21.1 Å². The number of hydrogen-bond acceptors (Lipinski definition) is 6. The van der Waals surface area contributed by atoms with E-state index in [2.05, 4.69) is 44.5 Å². The third kappa shape index (κ3) is 3.98. The number of likely N-dealkylation sites (tertiary alicyclic amines) is 1. The summed E-state index contributed by atoms with van der Waals surface area (Å²) >= 11 is 6.17. The lowest BCUT2D eigenvalue weighted by atomic mass is 10.2. The monoisotopic (exact) mass is 398 g/mol. The largest absolute Gasteiger partial charge is 0.493 e. The summed E-state index contributed by atoms with van der Waals surface area (Å²) in [5.41, 5.74) is 2.05. The van der Waals surface area contributed by atoms with Crippen LogP contribution in [-0.2, 0) is 6.54 Å². The molecule has 1 fully saturated rings. The molecule has 0 amide bonds. The topological polar surface area (TPSA) is 59.5 Å². The molecule has 1 aliphatic rings. The Hall–Kier alpha value is -2.57. The number of fused-ring (bicyclic) bond motifs is 1. The Kier molecular flexibility index (Phi) is 5.50. The number of halogens is 1. The molecule has 0 bridgehead atoms. The van der Waals surface area contributed by atoms with Gasteiger partial charge in [0.05, 0.1) is 19.7 Å². The fourth-order valence-corrected chi connectivity index (χ4v) is 3.84. The van der Waals surface area contributed by atoms with Gasteiger partial charge in [0.2, 0.25) is 5.28 Å². The highest BCUT2D eigenvalue weighted by molar-refractivity contribution is 6.28. The molecule has 0 spiro atoms. The van der Waals surface area contributed by atoms with Crippen LogP contribution >= 0.6 is 11.6 Å². The van der Waals surface area contributed by atoms with Gasteiger partial charge in [-0.15, -0.1) is 0 Å². The number of hydrogen-bond donors (Lipinski definition) is 1. The van der Waals surface area contributed by atoms with Crippen molar-refractivity contribution < 1.29 is 9.47 Å². The summed E-state index contributed by atoms with van der Waals surface area (Å²) in [7, 11) is 3.22. The van der Waals surface area contributed by atoms with Crippen molar-refractivity contribution in [1.82, 2.24) is 14.9 Å². The molecule has 2 heterocycles. The highest BCUT2D eigenvalue weighted by Crippen LogP contribution is 2.35. The van der Waals surface area contributed by atoms with Crippen LogP contribution in [0.15, 0.2) is 42.5 Å². The van der Waals surface area contributed by atoms with Crippen molar-refractivity contribution in [3.63, 3.8) is 0 Å². The van der Waals surface area contributed by atoms with E-state index < -0.39 is 0 Å². The van der Waals surface area contributed by atoms with Crippen molar-refractivity contribution in [3.05, 3.63) is 53.3 Å². The molecule has 0 radical (unpaired) electrons. The Morgan fingerprint density at radius 2 is 1.86 bits per heavy atom. The minimum absolute atomic E-state index is 0.210. The molecule has 1 aromatic heterocycles. The van der Waals surface area contributed by atoms with Crippen molar-refractivity contribution in [2.45, 2.75) is 19.0 Å². The fraction of sp³-hybridized carbons (Fsp3) is 0.333. The van der Waals surface area contributed by atoms with E-state index >= 15 is 0 Å². The molecular formula is C21H23ClN4O2. The first-order valence-electron chi connectivity index (χ1n) is 9.28. The summed E-state index contributed by atoms with van der Waals surface area (Å²) < 4.78 is 10.8. The predicted octanol–water partition coefficient (Wildman–Crippen LogP) is 3.99. The van der Waals surface area contributed by atoms with Crippen molar-refractivity contribution in [2.75, 3.05) is 32.6 Å². The van der Waals surface area contributed by atoms with Gasteiger partial charge in [-0.3, -0.25) is 4.90 Å². The van der Waals surface area contributed by atoms with Crippen LogP contribution in [0.4, 0.5) is 5.82 Å². The quantitative estimate of drug-likeness (QED) is 0.633. The first-order chi connectivity index (χ1) is 13.7. The van der Waals surface area contributed by atoms with E-state index in [1.54, 1.807) is 14.2 Å². The minimum Gasteiger partial charge on any atom is -0.493 e. The molecule has 7 heteroatoms. The Morgan fingerprint density at radius 3 is 2.61 bits per heavy atom. The Labute approximate surface area is 169 Å². The molecule has 1 aliphatic heterocycles. The summed E-state index contributed by atoms with van der Waals surface area (Å²) in [4.78, 5) is 11.2. The molecule has 1 atom stereocenters. The zero-order valence-electron chi connectivity index (χ0n) is 16.0. The third-order valence-corrected chi connectivity index (χ3v) is 5.21. The fourth-order valence-electron chi connectivity index (χ4n) is 3.67. The maximum absolute atomic E-state index is 6.17. The Morgan fingerprint density at radius 1 is 1.11 bits per heavy atom. The van der Waals surface area contributed by atoms with Crippen LogP contribution in [0.25, 0.3) is 10.9 Å². The van der Waals surface area contributed by atoms with Crippen LogP contribution in [0.2, 0.25) is 5.28 Å². The molecule has 3 aromatic rings. The molecule has 6 nitrogen and oxygen atoms in total. The number of nitrogens with one attached hydrogen (secondary N) is 1. The number of ether oxygens (including phenoxy) is 2. The molecule has 146 valence electrons. The Balaban J connectivity index is 1.54. The highest BCUT2D eigenvalue weighted by Gasteiger charge is 2.24. The first-order valence-corrected chi connectivity index (χ1v) is 9.66. The third-order valence-electron chi connectivity index (χ3n) is 5.04. The van der Waals surface area contributed by atoms with Crippen LogP contribution in [0.1, 0.15) is 12.0 Å². The van der Waals surface area contributed by atoms with Gasteiger partial charge >= 0.3 is 0 Å². The lowest BCUT2D eigenvalue weighted by Gasteiger charge is -2.18. The van der Waals surface area contributed by atoms with Gasteiger partial charge in [-0.25, -0.2) is 9.97 Å². The summed E-state index contributed by atoms with van der Waals surface area (Å²) in [6.07, 6.45) is 1.04.